The predicted molar refractivity (Wildman–Crippen MR) is 231 cm³/mol. The molecule has 8 aromatic carbocycles. The molecule has 11 aromatic rings. The lowest BCUT2D eigenvalue weighted by Crippen LogP contribution is -2.10. The zero-order valence-corrected chi connectivity index (χ0v) is 30.6. The largest absolute Gasteiger partial charge is 0.436 e. The number of hydrogen-bond acceptors (Lipinski definition) is 5. The number of anilines is 3. The summed E-state index contributed by atoms with van der Waals surface area (Å²) >= 11 is 3.67. The molecule has 0 amide bonds. The van der Waals surface area contributed by atoms with Crippen LogP contribution >= 0.6 is 22.7 Å². The molecule has 11 rings (SSSR count). The van der Waals surface area contributed by atoms with Gasteiger partial charge >= 0.3 is 0 Å². The van der Waals surface area contributed by atoms with Gasteiger partial charge in [0, 0.05) is 58.6 Å². The van der Waals surface area contributed by atoms with E-state index in [-0.39, 0.29) is 0 Å². The molecular weight excluding hydrogens is 697 g/mol. The molecule has 3 heterocycles. The highest BCUT2D eigenvalue weighted by Gasteiger charge is 2.24. The van der Waals surface area contributed by atoms with Gasteiger partial charge in [-0.25, -0.2) is 4.98 Å². The van der Waals surface area contributed by atoms with Crippen molar-refractivity contribution in [2.24, 2.45) is 0 Å². The van der Waals surface area contributed by atoms with E-state index in [1.54, 1.807) is 0 Å². The maximum atomic E-state index is 6.63. The van der Waals surface area contributed by atoms with Crippen molar-refractivity contribution in [2.75, 3.05) is 4.90 Å². The summed E-state index contributed by atoms with van der Waals surface area (Å²) < 4.78 is 11.6. The molecule has 3 nitrogen and oxygen atoms in total. The molecule has 0 aliphatic rings. The minimum Gasteiger partial charge on any atom is -0.436 e. The molecule has 0 radical (unpaired) electrons. The van der Waals surface area contributed by atoms with Gasteiger partial charge in [-0.3, -0.25) is 0 Å². The monoisotopic (exact) mass is 726 g/mol. The molecule has 0 aliphatic carbocycles. The Morgan fingerprint density at radius 2 is 1.00 bits per heavy atom. The highest BCUT2D eigenvalue weighted by Crippen LogP contribution is 2.49. The van der Waals surface area contributed by atoms with E-state index in [9.17, 15) is 0 Å². The van der Waals surface area contributed by atoms with Gasteiger partial charge in [0.05, 0.1) is 10.4 Å². The molecule has 0 unspecified atom stereocenters. The third-order valence-corrected chi connectivity index (χ3v) is 12.7. The summed E-state index contributed by atoms with van der Waals surface area (Å²) in [7, 11) is 0. The van der Waals surface area contributed by atoms with E-state index in [1.807, 2.05) is 40.9 Å². The molecule has 5 heteroatoms. The van der Waals surface area contributed by atoms with E-state index in [0.717, 1.165) is 39.1 Å². The Hall–Kier alpha value is -6.53. The number of thiophene rings is 2. The maximum Gasteiger partial charge on any atom is 0.227 e. The van der Waals surface area contributed by atoms with Crippen LogP contribution in [0.3, 0.4) is 0 Å². The lowest BCUT2D eigenvalue weighted by molar-refractivity contribution is 0.620. The van der Waals surface area contributed by atoms with E-state index in [2.05, 4.69) is 169 Å². The molecular formula is C49H30N2OS2. The zero-order valence-electron chi connectivity index (χ0n) is 28.9. The smallest absolute Gasteiger partial charge is 0.227 e. The first-order valence-electron chi connectivity index (χ1n) is 18.0. The van der Waals surface area contributed by atoms with Crippen LogP contribution in [-0.4, -0.2) is 4.98 Å². The van der Waals surface area contributed by atoms with E-state index < -0.39 is 0 Å². The number of hydrogen-bond donors (Lipinski definition) is 0. The molecule has 3 aromatic heterocycles. The van der Waals surface area contributed by atoms with Gasteiger partial charge in [0.15, 0.2) is 5.58 Å². The number of oxazole rings is 1. The van der Waals surface area contributed by atoms with Gasteiger partial charge < -0.3 is 9.32 Å². The molecule has 0 atom stereocenters. The topological polar surface area (TPSA) is 29.3 Å². The molecule has 54 heavy (non-hydrogen) atoms. The Bertz CT molecular complexity index is 3140. The Labute approximate surface area is 319 Å². The van der Waals surface area contributed by atoms with Crippen molar-refractivity contribution < 1.29 is 4.42 Å². The first-order valence-corrected chi connectivity index (χ1v) is 19.7. The van der Waals surface area contributed by atoms with Crippen LogP contribution in [0.4, 0.5) is 17.1 Å². The van der Waals surface area contributed by atoms with Crippen LogP contribution in [0.25, 0.3) is 85.2 Å². The van der Waals surface area contributed by atoms with Crippen molar-refractivity contribution in [1.82, 2.24) is 4.98 Å². The summed E-state index contributed by atoms with van der Waals surface area (Å²) in [5, 5.41) is 4.92. The zero-order chi connectivity index (χ0) is 35.6. The number of nitrogens with zero attached hydrogens (tertiary/aromatic N) is 2. The summed E-state index contributed by atoms with van der Waals surface area (Å²) in [5.74, 6) is 0.623. The fourth-order valence-corrected chi connectivity index (χ4v) is 10.2. The van der Waals surface area contributed by atoms with Crippen LogP contribution in [0.1, 0.15) is 0 Å². The lowest BCUT2D eigenvalue weighted by atomic mass is 10.0. The second-order valence-corrected chi connectivity index (χ2v) is 15.6. The highest BCUT2D eigenvalue weighted by atomic mass is 32.1. The number of aromatic nitrogens is 1. The van der Waals surface area contributed by atoms with Crippen LogP contribution in [0.15, 0.2) is 186 Å². The second kappa shape index (κ2) is 12.6. The van der Waals surface area contributed by atoms with Crippen molar-refractivity contribution in [3.8, 4) is 33.7 Å². The van der Waals surface area contributed by atoms with E-state index in [0.29, 0.717) is 5.89 Å². The first kappa shape index (κ1) is 31.0. The molecule has 0 fully saturated rings. The molecule has 0 aliphatic heterocycles. The van der Waals surface area contributed by atoms with Gasteiger partial charge in [-0.05, 0) is 70.8 Å². The Morgan fingerprint density at radius 1 is 0.444 bits per heavy atom. The van der Waals surface area contributed by atoms with Gasteiger partial charge in [0.25, 0.3) is 0 Å². The Balaban J connectivity index is 1.12. The second-order valence-electron chi connectivity index (χ2n) is 13.5. The molecule has 0 saturated heterocycles. The minimum atomic E-state index is 0.623. The Kier molecular flexibility index (Phi) is 7.22. The van der Waals surface area contributed by atoms with Crippen LogP contribution in [-0.2, 0) is 0 Å². The van der Waals surface area contributed by atoms with Gasteiger partial charge in [0.2, 0.25) is 5.89 Å². The summed E-state index contributed by atoms with van der Waals surface area (Å²) in [6.07, 6.45) is 0. The highest BCUT2D eigenvalue weighted by molar-refractivity contribution is 7.27. The van der Waals surface area contributed by atoms with Crippen molar-refractivity contribution in [3.63, 3.8) is 0 Å². The van der Waals surface area contributed by atoms with Crippen molar-refractivity contribution in [2.45, 2.75) is 0 Å². The van der Waals surface area contributed by atoms with Crippen LogP contribution in [0.5, 0.6) is 0 Å². The quantitative estimate of drug-likeness (QED) is 0.171. The first-order chi connectivity index (χ1) is 26.8. The summed E-state index contributed by atoms with van der Waals surface area (Å²) in [6, 6.07) is 64.8. The van der Waals surface area contributed by atoms with Crippen molar-refractivity contribution in [1.29, 1.82) is 0 Å². The standard InChI is InChI=1S/C49H30N2OS2/c1-3-12-31(13-4-1)32-22-26-35(27-23-32)51(36-28-24-33(25-29-36)37-18-11-19-39-38-16-7-9-20-43(38)53-47(37)39)41-30-42-46(50-49(52-42)34-14-5-2-6-15-34)45-40-17-8-10-21-44(40)54-48(41)45/h1-30H. The van der Waals surface area contributed by atoms with Gasteiger partial charge in [-0.15, -0.1) is 22.7 Å². The van der Waals surface area contributed by atoms with E-state index in [1.165, 1.54) is 57.2 Å². The summed E-state index contributed by atoms with van der Waals surface area (Å²) in [5.41, 5.74) is 10.6. The van der Waals surface area contributed by atoms with Crippen LogP contribution < -0.4 is 4.90 Å². The van der Waals surface area contributed by atoms with Gasteiger partial charge in [-0.2, -0.15) is 0 Å². The van der Waals surface area contributed by atoms with Crippen molar-refractivity contribution >= 4 is 91.2 Å². The normalized spacial score (nSPS) is 11.7. The minimum absolute atomic E-state index is 0.623. The molecule has 0 bridgehead atoms. The molecule has 0 spiro atoms. The fourth-order valence-electron chi connectivity index (χ4n) is 7.76. The van der Waals surface area contributed by atoms with E-state index >= 15 is 0 Å². The lowest BCUT2D eigenvalue weighted by Gasteiger charge is -2.26. The number of rotatable bonds is 6. The third kappa shape index (κ3) is 5.05. The molecule has 254 valence electrons. The van der Waals surface area contributed by atoms with E-state index in [4.69, 9.17) is 9.40 Å². The van der Waals surface area contributed by atoms with Crippen molar-refractivity contribution in [3.05, 3.63) is 182 Å². The fraction of sp³-hybridized carbons (Fsp3) is 0. The molecule has 0 N–H and O–H groups in total. The maximum absolute atomic E-state index is 6.63. The predicted octanol–water partition coefficient (Wildman–Crippen LogP) is 15.0. The van der Waals surface area contributed by atoms with Crippen LogP contribution in [0, 0.1) is 0 Å². The molecule has 0 saturated carbocycles. The summed E-state index contributed by atoms with van der Waals surface area (Å²) in [6.45, 7) is 0. The average molecular weight is 727 g/mol. The summed E-state index contributed by atoms with van der Waals surface area (Å²) in [4.78, 5) is 7.51. The van der Waals surface area contributed by atoms with Gasteiger partial charge in [0.1, 0.15) is 5.52 Å². The van der Waals surface area contributed by atoms with Crippen LogP contribution in [0.2, 0.25) is 0 Å². The number of fused-ring (bicyclic) bond motifs is 8. The number of benzene rings is 8. The third-order valence-electron chi connectivity index (χ3n) is 10.3. The Morgan fingerprint density at radius 3 is 1.72 bits per heavy atom. The SMILES string of the molecule is c1ccc(-c2ccc(N(c3ccc(-c4cccc5c4sc4ccccc45)cc3)c3cc4oc(-c5ccccc5)nc4c4c3sc3ccccc34)cc2)cc1. The average Bonchev–Trinajstić information content (AvgIpc) is 3.96. The van der Waals surface area contributed by atoms with Gasteiger partial charge in [-0.1, -0.05) is 127 Å².